The zero-order valence-corrected chi connectivity index (χ0v) is 14.3. The van der Waals surface area contributed by atoms with E-state index in [-0.39, 0.29) is 11.0 Å². The lowest BCUT2D eigenvalue weighted by atomic mass is 10.1. The molecule has 7 heteroatoms. The van der Waals surface area contributed by atoms with E-state index in [4.69, 9.17) is 18.0 Å². The molecule has 2 aromatic carbocycles. The average Bonchev–Trinajstić information content (AvgIpc) is 2.48. The summed E-state index contributed by atoms with van der Waals surface area (Å²) in [6.45, 7) is 0. The number of primary amides is 1. The van der Waals surface area contributed by atoms with Crippen molar-refractivity contribution in [2.45, 2.75) is 0 Å². The maximum atomic E-state index is 12.0. The summed E-state index contributed by atoms with van der Waals surface area (Å²) in [5.74, 6) is -0.902. The molecule has 2 amide bonds. The van der Waals surface area contributed by atoms with Gasteiger partial charge in [-0.2, -0.15) is 0 Å². The quantitative estimate of drug-likeness (QED) is 0.522. The van der Waals surface area contributed by atoms with Gasteiger partial charge in [-0.3, -0.25) is 14.9 Å². The highest BCUT2D eigenvalue weighted by Gasteiger charge is 2.11. The first-order valence-corrected chi connectivity index (χ1v) is 7.73. The minimum absolute atomic E-state index is 0.0947. The van der Waals surface area contributed by atoms with Gasteiger partial charge in [-0.05, 0) is 71.2 Å². The molecule has 112 valence electrons. The number of hydrogen-bond acceptors (Lipinski definition) is 3. The van der Waals surface area contributed by atoms with Gasteiger partial charge < -0.3 is 11.1 Å². The van der Waals surface area contributed by atoms with E-state index in [1.807, 2.05) is 12.1 Å². The molecular weight excluding hydrogens is 413 g/mol. The fourth-order valence-electron chi connectivity index (χ4n) is 1.74. The van der Waals surface area contributed by atoms with Crippen LogP contribution >= 0.6 is 34.8 Å². The zero-order valence-electron chi connectivity index (χ0n) is 11.3. The van der Waals surface area contributed by atoms with Crippen LogP contribution in [0, 0.1) is 3.57 Å². The van der Waals surface area contributed by atoms with Crippen LogP contribution in [-0.4, -0.2) is 16.9 Å². The Hall–Kier alpha value is -2.00. The lowest BCUT2D eigenvalue weighted by Gasteiger charge is -2.12. The summed E-state index contributed by atoms with van der Waals surface area (Å²) in [5.41, 5.74) is 6.53. The van der Waals surface area contributed by atoms with Crippen molar-refractivity contribution in [1.29, 1.82) is 0 Å². The van der Waals surface area contributed by atoms with E-state index < -0.39 is 5.91 Å². The van der Waals surface area contributed by atoms with Gasteiger partial charge >= 0.3 is 0 Å². The fraction of sp³-hybridized carbons (Fsp3) is 0. The van der Waals surface area contributed by atoms with E-state index in [2.05, 4.69) is 33.2 Å². The van der Waals surface area contributed by atoms with E-state index >= 15 is 0 Å². The molecule has 0 aromatic heterocycles. The average molecular weight is 425 g/mol. The summed E-state index contributed by atoms with van der Waals surface area (Å²) >= 11 is 7.24. The van der Waals surface area contributed by atoms with Gasteiger partial charge in [0.25, 0.3) is 11.8 Å². The van der Waals surface area contributed by atoms with Gasteiger partial charge in [0.15, 0.2) is 5.11 Å². The number of hydrogen-bond donors (Lipinski definition) is 3. The van der Waals surface area contributed by atoms with Crippen LogP contribution in [-0.2, 0) is 0 Å². The van der Waals surface area contributed by atoms with Gasteiger partial charge in [0.1, 0.15) is 0 Å². The smallest absolute Gasteiger partial charge is 0.257 e. The minimum Gasteiger partial charge on any atom is -0.366 e. The molecule has 0 bridgehead atoms. The number of rotatable bonds is 3. The first-order chi connectivity index (χ1) is 10.5. The number of nitrogens with two attached hydrogens (primary N) is 1. The van der Waals surface area contributed by atoms with Gasteiger partial charge in [-0.1, -0.05) is 12.1 Å². The Balaban J connectivity index is 2.06. The fourth-order valence-corrected chi connectivity index (χ4v) is 2.30. The van der Waals surface area contributed by atoms with Gasteiger partial charge in [0.2, 0.25) is 0 Å². The molecule has 0 atom stereocenters. The van der Waals surface area contributed by atoms with E-state index in [9.17, 15) is 9.59 Å². The molecule has 0 fully saturated rings. The van der Waals surface area contributed by atoms with Gasteiger partial charge in [-0.25, -0.2) is 0 Å². The highest BCUT2D eigenvalue weighted by atomic mass is 127. The van der Waals surface area contributed by atoms with Crippen molar-refractivity contribution in [3.8, 4) is 0 Å². The molecule has 0 heterocycles. The molecule has 2 rings (SSSR count). The van der Waals surface area contributed by atoms with Crippen molar-refractivity contribution in [2.75, 3.05) is 5.32 Å². The summed E-state index contributed by atoms with van der Waals surface area (Å²) in [4.78, 5) is 23.4. The molecule has 5 nitrogen and oxygen atoms in total. The largest absolute Gasteiger partial charge is 0.366 e. The number of nitrogens with one attached hydrogen (secondary N) is 2. The molecule has 0 spiro atoms. The van der Waals surface area contributed by atoms with E-state index in [0.29, 0.717) is 16.8 Å². The van der Waals surface area contributed by atoms with Crippen molar-refractivity contribution in [2.24, 2.45) is 5.73 Å². The Labute approximate surface area is 146 Å². The van der Waals surface area contributed by atoms with Crippen molar-refractivity contribution in [3.63, 3.8) is 0 Å². The zero-order chi connectivity index (χ0) is 16.1. The Morgan fingerprint density at radius 1 is 1.05 bits per heavy atom. The second-order valence-electron chi connectivity index (χ2n) is 4.32. The van der Waals surface area contributed by atoms with Gasteiger partial charge in [0, 0.05) is 9.13 Å². The molecule has 0 aliphatic rings. The number of benzene rings is 2. The number of anilines is 1. The molecule has 0 saturated carbocycles. The van der Waals surface area contributed by atoms with Crippen molar-refractivity contribution in [1.82, 2.24) is 5.32 Å². The van der Waals surface area contributed by atoms with Crippen LogP contribution < -0.4 is 16.4 Å². The number of amides is 2. The summed E-state index contributed by atoms with van der Waals surface area (Å²) in [6, 6.07) is 13.7. The molecule has 22 heavy (non-hydrogen) atoms. The molecule has 4 N–H and O–H groups in total. The third-order valence-corrected chi connectivity index (χ3v) is 3.70. The Bertz CT molecular complexity index is 732. The standard InChI is InChI=1S/C15H12IN3O2S/c16-10-7-5-9(6-8-10)14(21)19-15(22)18-12-4-2-1-3-11(12)13(17)20/h1-8H,(H2,17,20)(H2,18,19,21,22). The maximum absolute atomic E-state index is 12.0. The van der Waals surface area contributed by atoms with Crippen LogP contribution in [0.25, 0.3) is 0 Å². The maximum Gasteiger partial charge on any atom is 0.257 e. The minimum atomic E-state index is -0.574. The third-order valence-electron chi connectivity index (χ3n) is 2.77. The number of halogens is 1. The van der Waals surface area contributed by atoms with E-state index in [1.54, 1.807) is 36.4 Å². The van der Waals surface area contributed by atoms with Gasteiger partial charge in [-0.15, -0.1) is 0 Å². The normalized spacial score (nSPS) is 9.86. The number of carbonyl (C=O) groups is 2. The summed E-state index contributed by atoms with van der Waals surface area (Å²) in [6.07, 6.45) is 0. The molecule has 0 aliphatic heterocycles. The summed E-state index contributed by atoms with van der Waals surface area (Å²) in [7, 11) is 0. The van der Waals surface area contributed by atoms with Crippen LogP contribution in [0.1, 0.15) is 20.7 Å². The van der Waals surface area contributed by atoms with Gasteiger partial charge in [0.05, 0.1) is 11.3 Å². The number of carbonyl (C=O) groups excluding carboxylic acids is 2. The predicted molar refractivity (Wildman–Crippen MR) is 97.8 cm³/mol. The first-order valence-electron chi connectivity index (χ1n) is 6.24. The molecule has 2 aromatic rings. The van der Waals surface area contributed by atoms with Crippen LogP contribution in [0.2, 0.25) is 0 Å². The number of thiocarbonyl (C=S) groups is 1. The predicted octanol–water partition coefficient (Wildman–Crippen LogP) is 2.52. The molecule has 0 radical (unpaired) electrons. The highest BCUT2D eigenvalue weighted by Crippen LogP contribution is 2.14. The van der Waals surface area contributed by atoms with Crippen LogP contribution in [0.15, 0.2) is 48.5 Å². The van der Waals surface area contributed by atoms with Crippen molar-refractivity contribution >= 4 is 57.4 Å². The SMILES string of the molecule is NC(=O)c1ccccc1NC(=S)NC(=O)c1ccc(I)cc1. The number of para-hydroxylation sites is 1. The second kappa shape index (κ2) is 7.32. The van der Waals surface area contributed by atoms with Crippen LogP contribution in [0.5, 0.6) is 0 Å². The van der Waals surface area contributed by atoms with E-state index in [1.165, 1.54) is 0 Å². The Morgan fingerprint density at radius 2 is 1.68 bits per heavy atom. The third kappa shape index (κ3) is 4.25. The lowest BCUT2D eigenvalue weighted by Crippen LogP contribution is -2.34. The Morgan fingerprint density at radius 3 is 2.32 bits per heavy atom. The summed E-state index contributed by atoms with van der Waals surface area (Å²) < 4.78 is 1.03. The highest BCUT2D eigenvalue weighted by molar-refractivity contribution is 14.1. The molecular formula is C15H12IN3O2S. The molecule has 0 saturated heterocycles. The first kappa shape index (κ1) is 16.4. The van der Waals surface area contributed by atoms with Crippen molar-refractivity contribution < 1.29 is 9.59 Å². The van der Waals surface area contributed by atoms with Crippen LogP contribution in [0.4, 0.5) is 5.69 Å². The Kier molecular flexibility index (Phi) is 5.45. The van der Waals surface area contributed by atoms with Crippen molar-refractivity contribution in [3.05, 3.63) is 63.2 Å². The molecule has 0 unspecified atom stereocenters. The lowest BCUT2D eigenvalue weighted by molar-refractivity contribution is 0.0975. The monoisotopic (exact) mass is 425 g/mol. The van der Waals surface area contributed by atoms with E-state index in [0.717, 1.165) is 3.57 Å². The molecule has 0 aliphatic carbocycles. The topological polar surface area (TPSA) is 84.2 Å². The second-order valence-corrected chi connectivity index (χ2v) is 5.98. The summed E-state index contributed by atoms with van der Waals surface area (Å²) in [5, 5.41) is 5.45. The van der Waals surface area contributed by atoms with Crippen LogP contribution in [0.3, 0.4) is 0 Å².